The van der Waals surface area contributed by atoms with Crippen LogP contribution in [0.1, 0.15) is 37.8 Å². The second kappa shape index (κ2) is 10.9. The van der Waals surface area contributed by atoms with Crippen LogP contribution in [0.15, 0.2) is 40.9 Å². The predicted molar refractivity (Wildman–Crippen MR) is 134 cm³/mol. The highest BCUT2D eigenvalue weighted by Gasteiger charge is 2.31. The summed E-state index contributed by atoms with van der Waals surface area (Å²) in [5.74, 6) is 2.49. The topological polar surface area (TPSA) is 80.9 Å². The van der Waals surface area contributed by atoms with E-state index in [9.17, 15) is 4.79 Å². The lowest BCUT2D eigenvalue weighted by molar-refractivity contribution is -0.133. The van der Waals surface area contributed by atoms with Crippen molar-refractivity contribution in [2.45, 2.75) is 46.2 Å². The molecule has 1 aliphatic heterocycles. The molecule has 4 rings (SSSR count). The summed E-state index contributed by atoms with van der Waals surface area (Å²) in [6.07, 6.45) is 1.96. The number of hydrogen-bond donors (Lipinski definition) is 0. The number of aryl methyl sites for hydroxylation is 1. The largest absolute Gasteiger partial charge is 0.490 e. The van der Waals surface area contributed by atoms with Gasteiger partial charge in [0.1, 0.15) is 0 Å². The monoisotopic (exact) mass is 478 g/mol. The van der Waals surface area contributed by atoms with E-state index in [4.69, 9.17) is 14.0 Å². The molecule has 0 N–H and O–H groups in total. The van der Waals surface area contributed by atoms with Crippen LogP contribution in [0.2, 0.25) is 0 Å². The van der Waals surface area contributed by atoms with Gasteiger partial charge in [-0.05, 0) is 69.5 Å². The third kappa shape index (κ3) is 5.48. The average Bonchev–Trinajstić information content (AvgIpc) is 3.50. The maximum atomic E-state index is 12.5. The van der Waals surface area contributed by atoms with E-state index in [1.54, 1.807) is 4.90 Å². The van der Waals surface area contributed by atoms with Crippen LogP contribution in [0.25, 0.3) is 22.8 Å². The zero-order chi connectivity index (χ0) is 24.9. The van der Waals surface area contributed by atoms with Gasteiger partial charge in [0.2, 0.25) is 11.7 Å². The van der Waals surface area contributed by atoms with Crippen molar-refractivity contribution >= 4 is 5.91 Å². The summed E-state index contributed by atoms with van der Waals surface area (Å²) in [7, 11) is 3.64. The molecule has 0 bridgehead atoms. The average molecular weight is 479 g/mol. The quantitative estimate of drug-likeness (QED) is 0.446. The van der Waals surface area contributed by atoms with Gasteiger partial charge in [-0.2, -0.15) is 4.98 Å². The van der Waals surface area contributed by atoms with Crippen LogP contribution in [0, 0.1) is 6.92 Å². The molecule has 1 fully saturated rings. The Hall–Kier alpha value is -3.39. The predicted octanol–water partition coefficient (Wildman–Crippen LogP) is 4.56. The highest BCUT2D eigenvalue weighted by molar-refractivity contribution is 5.81. The van der Waals surface area contributed by atoms with E-state index >= 15 is 0 Å². The van der Waals surface area contributed by atoms with E-state index in [1.807, 2.05) is 59.1 Å². The van der Waals surface area contributed by atoms with E-state index in [0.717, 1.165) is 42.6 Å². The molecule has 1 aliphatic rings. The molecular weight excluding hydrogens is 444 g/mol. The van der Waals surface area contributed by atoms with Crippen molar-refractivity contribution in [2.24, 2.45) is 0 Å². The summed E-state index contributed by atoms with van der Waals surface area (Å²) in [6, 6.07) is 11.8. The van der Waals surface area contributed by atoms with Gasteiger partial charge in [0.15, 0.2) is 11.5 Å². The minimum atomic E-state index is -0.0413. The van der Waals surface area contributed by atoms with Crippen LogP contribution in [-0.2, 0) is 11.3 Å². The number of likely N-dealkylation sites (tertiary alicyclic amines) is 1. The van der Waals surface area contributed by atoms with Gasteiger partial charge < -0.3 is 18.9 Å². The van der Waals surface area contributed by atoms with Crippen LogP contribution in [0.4, 0.5) is 0 Å². The fourth-order valence-corrected chi connectivity index (χ4v) is 4.54. The molecule has 0 radical (unpaired) electrons. The molecule has 0 saturated carbocycles. The molecule has 1 saturated heterocycles. The lowest BCUT2D eigenvalue weighted by Gasteiger charge is -2.26. The number of hydrogen-bond acceptors (Lipinski definition) is 7. The molecule has 1 amide bonds. The van der Waals surface area contributed by atoms with Crippen molar-refractivity contribution in [1.82, 2.24) is 19.9 Å². The van der Waals surface area contributed by atoms with Crippen molar-refractivity contribution in [3.63, 3.8) is 0 Å². The molecule has 2 aromatic carbocycles. The molecular formula is C27H34N4O4. The number of rotatable bonds is 9. The smallest absolute Gasteiger partial charge is 0.258 e. The molecule has 1 unspecified atom stereocenters. The first-order chi connectivity index (χ1) is 16.9. The van der Waals surface area contributed by atoms with Gasteiger partial charge in [-0.1, -0.05) is 23.4 Å². The van der Waals surface area contributed by atoms with E-state index in [-0.39, 0.29) is 11.9 Å². The van der Waals surface area contributed by atoms with Crippen LogP contribution in [0.3, 0.4) is 0 Å². The molecule has 3 aromatic rings. The van der Waals surface area contributed by atoms with Gasteiger partial charge in [0, 0.05) is 31.8 Å². The van der Waals surface area contributed by atoms with E-state index < -0.39 is 0 Å². The Morgan fingerprint density at radius 1 is 1.11 bits per heavy atom. The Balaban J connectivity index is 1.52. The summed E-state index contributed by atoms with van der Waals surface area (Å²) >= 11 is 0. The maximum Gasteiger partial charge on any atom is 0.258 e. The van der Waals surface area contributed by atoms with Crippen molar-refractivity contribution < 1.29 is 18.8 Å². The van der Waals surface area contributed by atoms with Crippen LogP contribution >= 0.6 is 0 Å². The normalized spacial score (nSPS) is 15.9. The molecule has 8 heteroatoms. The van der Waals surface area contributed by atoms with Gasteiger partial charge >= 0.3 is 0 Å². The van der Waals surface area contributed by atoms with Crippen LogP contribution < -0.4 is 9.47 Å². The molecule has 2 heterocycles. The first-order valence-electron chi connectivity index (χ1n) is 12.2. The van der Waals surface area contributed by atoms with Gasteiger partial charge in [-0.25, -0.2) is 0 Å². The molecule has 1 aromatic heterocycles. The van der Waals surface area contributed by atoms with Gasteiger partial charge in [0.25, 0.3) is 5.89 Å². The summed E-state index contributed by atoms with van der Waals surface area (Å²) in [6.45, 7) is 8.69. The maximum absolute atomic E-state index is 12.5. The number of carbonyl (C=O) groups is 1. The number of ether oxygens (including phenoxy) is 2. The van der Waals surface area contributed by atoms with Gasteiger partial charge in [-0.3, -0.25) is 9.69 Å². The van der Waals surface area contributed by atoms with E-state index in [1.165, 1.54) is 5.56 Å². The number of amides is 1. The lowest BCUT2D eigenvalue weighted by Crippen LogP contribution is -2.42. The first-order valence-corrected chi connectivity index (χ1v) is 12.2. The van der Waals surface area contributed by atoms with Crippen molar-refractivity contribution in [2.75, 3.05) is 33.9 Å². The Kier molecular flexibility index (Phi) is 7.70. The number of aromatic nitrogens is 2. The molecule has 0 spiro atoms. The summed E-state index contributed by atoms with van der Waals surface area (Å²) in [4.78, 5) is 21.1. The fourth-order valence-electron chi connectivity index (χ4n) is 4.54. The fraction of sp³-hybridized carbons (Fsp3) is 0.444. The van der Waals surface area contributed by atoms with Crippen molar-refractivity contribution in [3.05, 3.63) is 47.5 Å². The number of likely N-dealkylation sites (N-methyl/N-ethyl adjacent to an activating group) is 1. The molecule has 8 nitrogen and oxygen atoms in total. The Labute approximate surface area is 206 Å². The second-order valence-electron chi connectivity index (χ2n) is 8.96. The van der Waals surface area contributed by atoms with Crippen molar-refractivity contribution in [1.29, 1.82) is 0 Å². The SMILES string of the molecule is CCOc1ccc(-c2nc(-c3ccc(CN4CCCC4C(=O)N(C)C)cc3C)no2)cc1OCC. The lowest BCUT2D eigenvalue weighted by atomic mass is 10.0. The Morgan fingerprint density at radius 3 is 2.60 bits per heavy atom. The third-order valence-corrected chi connectivity index (χ3v) is 6.22. The minimum absolute atomic E-state index is 0.0413. The number of carbonyl (C=O) groups excluding carboxylic acids is 1. The summed E-state index contributed by atoms with van der Waals surface area (Å²) in [5, 5.41) is 4.23. The van der Waals surface area contributed by atoms with E-state index in [0.29, 0.717) is 36.4 Å². The van der Waals surface area contributed by atoms with Crippen LogP contribution in [0.5, 0.6) is 11.5 Å². The molecule has 0 aliphatic carbocycles. The Bertz CT molecular complexity index is 1170. The third-order valence-electron chi connectivity index (χ3n) is 6.22. The Morgan fingerprint density at radius 2 is 1.89 bits per heavy atom. The highest BCUT2D eigenvalue weighted by Crippen LogP contribution is 2.33. The van der Waals surface area contributed by atoms with Crippen LogP contribution in [-0.4, -0.2) is 65.7 Å². The molecule has 35 heavy (non-hydrogen) atoms. The zero-order valence-electron chi connectivity index (χ0n) is 21.2. The number of nitrogens with zero attached hydrogens (tertiary/aromatic N) is 4. The van der Waals surface area contributed by atoms with Gasteiger partial charge in [0.05, 0.1) is 19.3 Å². The van der Waals surface area contributed by atoms with Gasteiger partial charge in [-0.15, -0.1) is 0 Å². The first kappa shape index (κ1) is 24.7. The summed E-state index contributed by atoms with van der Waals surface area (Å²) in [5.41, 5.74) is 3.92. The number of benzene rings is 2. The highest BCUT2D eigenvalue weighted by atomic mass is 16.5. The second-order valence-corrected chi connectivity index (χ2v) is 8.96. The summed E-state index contributed by atoms with van der Waals surface area (Å²) < 4.78 is 17.0. The van der Waals surface area contributed by atoms with E-state index in [2.05, 4.69) is 27.2 Å². The van der Waals surface area contributed by atoms with Crippen molar-refractivity contribution in [3.8, 4) is 34.3 Å². The zero-order valence-corrected chi connectivity index (χ0v) is 21.2. The standard InChI is InChI=1S/C27H34N4O4/c1-6-33-23-13-11-20(16-24(23)34-7-2)26-28-25(29-35-26)21-12-10-19(15-18(21)3)17-31-14-8-9-22(31)27(32)30(4)5/h10-13,15-16,22H,6-9,14,17H2,1-5H3. The minimum Gasteiger partial charge on any atom is -0.490 e. The molecule has 186 valence electrons. The molecule has 1 atom stereocenters.